The maximum atomic E-state index is 5.76. The molecule has 2 heterocycles. The van der Waals surface area contributed by atoms with Crippen molar-refractivity contribution in [2.45, 2.75) is 32.4 Å². The Kier molecular flexibility index (Phi) is 3.56. The van der Waals surface area contributed by atoms with Gasteiger partial charge in [0.2, 0.25) is 0 Å². The summed E-state index contributed by atoms with van der Waals surface area (Å²) in [7, 11) is 0. The zero-order valence-electron chi connectivity index (χ0n) is 10.1. The number of hydrogen-bond acceptors (Lipinski definition) is 3. The maximum absolute atomic E-state index is 5.76. The van der Waals surface area contributed by atoms with Gasteiger partial charge in [0.05, 0.1) is 0 Å². The molecule has 0 saturated carbocycles. The quantitative estimate of drug-likeness (QED) is 0.843. The molecule has 3 nitrogen and oxygen atoms in total. The second kappa shape index (κ2) is 4.93. The normalized spacial score (nSPS) is 28.2. The van der Waals surface area contributed by atoms with Crippen LogP contribution in [0.5, 0.6) is 0 Å². The molecule has 1 aliphatic heterocycles. The Morgan fingerprint density at radius 1 is 1.62 bits per heavy atom. The van der Waals surface area contributed by atoms with Gasteiger partial charge in [0.1, 0.15) is 0 Å². The fourth-order valence-corrected chi connectivity index (χ4v) is 2.70. The largest absolute Gasteiger partial charge is 0.330 e. The molecule has 88 valence electrons. The lowest BCUT2D eigenvalue weighted by Gasteiger charge is -2.28. The minimum atomic E-state index is 0.445. The Bertz CT molecular complexity index is 325. The fraction of sp³-hybridized carbons (Fsp3) is 0.615. The third-order valence-corrected chi connectivity index (χ3v) is 3.71. The predicted octanol–water partition coefficient (Wildman–Crippen LogP) is 1.81. The SMILES string of the molecule is CC1CC(CN)CN1C(C)c1cccnc1. The molecule has 1 aliphatic rings. The van der Waals surface area contributed by atoms with Crippen LogP contribution in [0.25, 0.3) is 0 Å². The highest BCUT2D eigenvalue weighted by Crippen LogP contribution is 2.30. The van der Waals surface area contributed by atoms with Crippen LogP contribution in [0.15, 0.2) is 24.5 Å². The highest BCUT2D eigenvalue weighted by Gasteiger charge is 2.31. The molecule has 1 fully saturated rings. The molecule has 1 aromatic rings. The lowest BCUT2D eigenvalue weighted by molar-refractivity contribution is 0.200. The summed E-state index contributed by atoms with van der Waals surface area (Å²) < 4.78 is 0. The Labute approximate surface area is 97.7 Å². The summed E-state index contributed by atoms with van der Waals surface area (Å²) in [4.78, 5) is 6.73. The van der Waals surface area contributed by atoms with Crippen LogP contribution in [0.3, 0.4) is 0 Å². The number of nitrogens with zero attached hydrogens (tertiary/aromatic N) is 2. The number of hydrogen-bond donors (Lipinski definition) is 1. The molecule has 2 rings (SSSR count). The molecule has 3 unspecified atom stereocenters. The van der Waals surface area contributed by atoms with E-state index in [1.165, 1.54) is 12.0 Å². The van der Waals surface area contributed by atoms with E-state index in [-0.39, 0.29) is 0 Å². The van der Waals surface area contributed by atoms with Gasteiger partial charge in [0, 0.05) is 31.0 Å². The van der Waals surface area contributed by atoms with Crippen LogP contribution in [0.4, 0.5) is 0 Å². The molecule has 1 saturated heterocycles. The average molecular weight is 219 g/mol. The summed E-state index contributed by atoms with van der Waals surface area (Å²) >= 11 is 0. The van der Waals surface area contributed by atoms with Crippen molar-refractivity contribution in [3.8, 4) is 0 Å². The lowest BCUT2D eigenvalue weighted by Crippen LogP contribution is -2.30. The summed E-state index contributed by atoms with van der Waals surface area (Å²) in [6.07, 6.45) is 5.01. The van der Waals surface area contributed by atoms with Gasteiger partial charge < -0.3 is 5.73 Å². The van der Waals surface area contributed by atoms with E-state index in [1.807, 2.05) is 18.5 Å². The van der Waals surface area contributed by atoms with Crippen LogP contribution in [0, 0.1) is 5.92 Å². The first-order chi connectivity index (χ1) is 7.72. The van der Waals surface area contributed by atoms with Gasteiger partial charge in [-0.15, -0.1) is 0 Å². The molecule has 16 heavy (non-hydrogen) atoms. The molecule has 0 bridgehead atoms. The van der Waals surface area contributed by atoms with Gasteiger partial charge in [-0.25, -0.2) is 0 Å². The van der Waals surface area contributed by atoms with Crippen LogP contribution in [0.2, 0.25) is 0 Å². The number of pyridine rings is 1. The van der Waals surface area contributed by atoms with Gasteiger partial charge in [0.15, 0.2) is 0 Å². The molecule has 3 heteroatoms. The maximum Gasteiger partial charge on any atom is 0.0338 e. The van der Waals surface area contributed by atoms with E-state index in [1.54, 1.807) is 0 Å². The zero-order chi connectivity index (χ0) is 11.5. The second-order valence-electron chi connectivity index (χ2n) is 4.85. The van der Waals surface area contributed by atoms with E-state index in [0.29, 0.717) is 18.0 Å². The van der Waals surface area contributed by atoms with Crippen LogP contribution in [-0.2, 0) is 0 Å². The molecule has 0 aromatic carbocycles. The summed E-state index contributed by atoms with van der Waals surface area (Å²) in [5.74, 6) is 0.661. The molecule has 0 spiro atoms. The first kappa shape index (κ1) is 11.6. The Morgan fingerprint density at radius 2 is 2.44 bits per heavy atom. The molecule has 3 atom stereocenters. The van der Waals surface area contributed by atoms with Crippen molar-refractivity contribution < 1.29 is 0 Å². The van der Waals surface area contributed by atoms with Gasteiger partial charge in [0.25, 0.3) is 0 Å². The number of aromatic nitrogens is 1. The molecule has 0 aliphatic carbocycles. The van der Waals surface area contributed by atoms with E-state index in [2.05, 4.69) is 29.8 Å². The zero-order valence-corrected chi connectivity index (χ0v) is 10.1. The van der Waals surface area contributed by atoms with Crippen molar-refractivity contribution >= 4 is 0 Å². The van der Waals surface area contributed by atoms with Crippen LogP contribution < -0.4 is 5.73 Å². The first-order valence-electron chi connectivity index (χ1n) is 6.08. The van der Waals surface area contributed by atoms with Gasteiger partial charge in [-0.05, 0) is 44.4 Å². The molecule has 2 N–H and O–H groups in total. The molecule has 0 radical (unpaired) electrons. The third-order valence-electron chi connectivity index (χ3n) is 3.71. The highest BCUT2D eigenvalue weighted by molar-refractivity contribution is 5.14. The Hall–Kier alpha value is -0.930. The van der Waals surface area contributed by atoms with Crippen LogP contribution in [-0.4, -0.2) is 29.0 Å². The van der Waals surface area contributed by atoms with Crippen molar-refractivity contribution in [2.75, 3.05) is 13.1 Å². The van der Waals surface area contributed by atoms with E-state index in [9.17, 15) is 0 Å². The van der Waals surface area contributed by atoms with E-state index in [0.717, 1.165) is 13.1 Å². The van der Waals surface area contributed by atoms with Crippen molar-refractivity contribution in [3.63, 3.8) is 0 Å². The van der Waals surface area contributed by atoms with Gasteiger partial charge in [-0.2, -0.15) is 0 Å². The minimum absolute atomic E-state index is 0.445. The second-order valence-corrected chi connectivity index (χ2v) is 4.85. The molecular formula is C13H21N3. The summed E-state index contributed by atoms with van der Waals surface area (Å²) in [6.45, 7) is 6.48. The third kappa shape index (κ3) is 2.25. The number of rotatable bonds is 3. The van der Waals surface area contributed by atoms with Gasteiger partial charge in [-0.1, -0.05) is 6.07 Å². The predicted molar refractivity (Wildman–Crippen MR) is 66.0 cm³/mol. The minimum Gasteiger partial charge on any atom is -0.330 e. The summed E-state index contributed by atoms with van der Waals surface area (Å²) in [5.41, 5.74) is 7.06. The van der Waals surface area contributed by atoms with Crippen molar-refractivity contribution in [2.24, 2.45) is 11.7 Å². The Morgan fingerprint density at radius 3 is 3.00 bits per heavy atom. The topological polar surface area (TPSA) is 42.1 Å². The fourth-order valence-electron chi connectivity index (χ4n) is 2.70. The van der Waals surface area contributed by atoms with Crippen LogP contribution in [0.1, 0.15) is 31.9 Å². The summed E-state index contributed by atoms with van der Waals surface area (Å²) in [5, 5.41) is 0. The van der Waals surface area contributed by atoms with Crippen LogP contribution >= 0.6 is 0 Å². The smallest absolute Gasteiger partial charge is 0.0338 e. The Balaban J connectivity index is 2.08. The van der Waals surface area contributed by atoms with E-state index in [4.69, 9.17) is 5.73 Å². The molecule has 1 aromatic heterocycles. The van der Waals surface area contributed by atoms with Crippen molar-refractivity contribution in [1.82, 2.24) is 9.88 Å². The first-order valence-corrected chi connectivity index (χ1v) is 6.08. The van der Waals surface area contributed by atoms with E-state index >= 15 is 0 Å². The van der Waals surface area contributed by atoms with Crippen molar-refractivity contribution in [3.05, 3.63) is 30.1 Å². The average Bonchev–Trinajstić information content (AvgIpc) is 2.71. The lowest BCUT2D eigenvalue weighted by atomic mass is 10.1. The standard InChI is InChI=1S/C13H21N3/c1-10-6-12(7-14)9-16(10)11(2)13-4-3-5-15-8-13/h3-5,8,10-12H,6-7,9,14H2,1-2H3. The monoisotopic (exact) mass is 219 g/mol. The van der Waals surface area contributed by atoms with E-state index < -0.39 is 0 Å². The number of nitrogens with two attached hydrogens (primary N) is 1. The number of likely N-dealkylation sites (tertiary alicyclic amines) is 1. The highest BCUT2D eigenvalue weighted by atomic mass is 15.2. The molecule has 0 amide bonds. The van der Waals surface area contributed by atoms with Gasteiger partial charge >= 0.3 is 0 Å². The molecular weight excluding hydrogens is 198 g/mol. The van der Waals surface area contributed by atoms with Crippen molar-refractivity contribution in [1.29, 1.82) is 0 Å². The van der Waals surface area contributed by atoms with Gasteiger partial charge in [-0.3, -0.25) is 9.88 Å². The summed E-state index contributed by atoms with van der Waals surface area (Å²) in [6, 6.07) is 5.23.